The van der Waals surface area contributed by atoms with E-state index in [1.807, 2.05) is 6.92 Å². The van der Waals surface area contributed by atoms with Gasteiger partial charge in [-0.05, 0) is 63.9 Å². The number of rotatable bonds is 9. The smallest absolute Gasteiger partial charge is 0.251 e. The molecule has 1 aliphatic carbocycles. The quantitative estimate of drug-likeness (QED) is 0.600. The number of unbranched alkanes of at least 4 members (excludes halogenated alkanes) is 1. The molecule has 0 atom stereocenters. The predicted octanol–water partition coefficient (Wildman–Crippen LogP) is 1.19. The molecule has 0 bridgehead atoms. The molecule has 1 aliphatic heterocycles. The van der Waals surface area contributed by atoms with E-state index in [1.165, 1.54) is 6.07 Å². The Balaban J connectivity index is 1.46. The summed E-state index contributed by atoms with van der Waals surface area (Å²) in [4.78, 5) is 17.5. The van der Waals surface area contributed by atoms with Crippen LogP contribution in [0.2, 0.25) is 0 Å². The third kappa shape index (κ3) is 6.01. The summed E-state index contributed by atoms with van der Waals surface area (Å²) in [7, 11) is -1.40. The van der Waals surface area contributed by atoms with Gasteiger partial charge in [-0.2, -0.15) is 0 Å². The van der Waals surface area contributed by atoms with Gasteiger partial charge in [-0.3, -0.25) is 4.79 Å². The second-order valence-electron chi connectivity index (χ2n) is 7.98. The van der Waals surface area contributed by atoms with Gasteiger partial charge >= 0.3 is 0 Å². The lowest BCUT2D eigenvalue weighted by molar-refractivity contribution is 0.0951. The number of nitrogens with zero attached hydrogens (tertiary/aromatic N) is 2. The van der Waals surface area contributed by atoms with Crippen molar-refractivity contribution in [1.82, 2.24) is 19.8 Å². The molecule has 1 aromatic carbocycles. The Bertz CT molecular complexity index is 785. The molecule has 0 aromatic heterocycles. The number of benzene rings is 1. The summed E-state index contributed by atoms with van der Waals surface area (Å²) in [6.07, 6.45) is 3.72. The third-order valence-electron chi connectivity index (χ3n) is 5.45. The Morgan fingerprint density at radius 1 is 1.14 bits per heavy atom. The van der Waals surface area contributed by atoms with Crippen LogP contribution in [0.3, 0.4) is 0 Å². The van der Waals surface area contributed by atoms with Crippen LogP contribution in [-0.4, -0.2) is 76.5 Å². The van der Waals surface area contributed by atoms with Crippen LogP contribution < -0.4 is 10.0 Å². The van der Waals surface area contributed by atoms with E-state index >= 15 is 0 Å². The van der Waals surface area contributed by atoms with Crippen molar-refractivity contribution in [3.63, 3.8) is 0 Å². The molecular formula is C20H32N4O3S. The van der Waals surface area contributed by atoms with E-state index in [0.717, 1.165) is 64.0 Å². The van der Waals surface area contributed by atoms with Crippen molar-refractivity contribution < 1.29 is 13.2 Å². The first-order chi connectivity index (χ1) is 13.3. The summed E-state index contributed by atoms with van der Waals surface area (Å²) < 4.78 is 27.4. The molecule has 1 saturated heterocycles. The number of piperazine rings is 1. The Morgan fingerprint density at radius 2 is 1.86 bits per heavy atom. The Hall–Kier alpha value is -1.48. The minimum Gasteiger partial charge on any atom is -0.352 e. The van der Waals surface area contributed by atoms with Gasteiger partial charge < -0.3 is 15.1 Å². The fraction of sp³-hybridized carbons (Fsp3) is 0.650. The van der Waals surface area contributed by atoms with Crippen LogP contribution in [0, 0.1) is 6.92 Å². The van der Waals surface area contributed by atoms with Crippen molar-refractivity contribution in [3.05, 3.63) is 29.3 Å². The highest BCUT2D eigenvalue weighted by Crippen LogP contribution is 2.23. The summed E-state index contributed by atoms with van der Waals surface area (Å²) in [5.74, 6) is -0.208. The molecule has 2 fully saturated rings. The van der Waals surface area contributed by atoms with Crippen molar-refractivity contribution >= 4 is 15.9 Å². The van der Waals surface area contributed by atoms with E-state index in [0.29, 0.717) is 12.1 Å². The summed E-state index contributed by atoms with van der Waals surface area (Å²) in [5.41, 5.74) is 1.21. The highest BCUT2D eigenvalue weighted by Gasteiger charge is 2.28. The number of likely N-dealkylation sites (N-methyl/N-ethyl adjacent to an activating group) is 1. The van der Waals surface area contributed by atoms with E-state index in [1.54, 1.807) is 12.1 Å². The highest BCUT2D eigenvalue weighted by atomic mass is 32.2. The number of carbonyl (C=O) groups is 1. The minimum absolute atomic E-state index is 0.0453. The largest absolute Gasteiger partial charge is 0.352 e. The molecule has 1 saturated carbocycles. The molecular weight excluding hydrogens is 376 g/mol. The molecule has 2 N–H and O–H groups in total. The summed E-state index contributed by atoms with van der Waals surface area (Å²) in [6, 6.07) is 4.79. The van der Waals surface area contributed by atoms with Gasteiger partial charge in [0.05, 0.1) is 4.90 Å². The van der Waals surface area contributed by atoms with Gasteiger partial charge in [0.15, 0.2) is 0 Å². The monoisotopic (exact) mass is 408 g/mol. The third-order valence-corrected chi connectivity index (χ3v) is 6.96. The number of hydrogen-bond donors (Lipinski definition) is 2. The molecule has 0 unspecified atom stereocenters. The lowest BCUT2D eigenvalue weighted by Crippen LogP contribution is -2.44. The van der Waals surface area contributed by atoms with Gasteiger partial charge in [0.2, 0.25) is 10.0 Å². The normalized spacial score (nSPS) is 18.9. The van der Waals surface area contributed by atoms with E-state index in [4.69, 9.17) is 0 Å². The molecule has 2 aliphatic rings. The zero-order valence-corrected chi connectivity index (χ0v) is 17.7. The second kappa shape index (κ2) is 9.35. The number of nitrogens with one attached hydrogen (secondary N) is 2. The Kier molecular flexibility index (Phi) is 7.09. The first-order valence-corrected chi connectivity index (χ1v) is 11.7. The fourth-order valence-corrected chi connectivity index (χ4v) is 4.66. The minimum atomic E-state index is -3.55. The lowest BCUT2D eigenvalue weighted by Gasteiger charge is -2.32. The summed E-state index contributed by atoms with van der Waals surface area (Å²) in [5, 5.41) is 2.94. The van der Waals surface area contributed by atoms with Gasteiger partial charge in [-0.1, -0.05) is 6.07 Å². The molecule has 7 nitrogen and oxygen atoms in total. The van der Waals surface area contributed by atoms with Crippen molar-refractivity contribution in [2.45, 2.75) is 43.5 Å². The molecule has 0 radical (unpaired) electrons. The second-order valence-corrected chi connectivity index (χ2v) is 9.69. The van der Waals surface area contributed by atoms with Gasteiger partial charge in [0.1, 0.15) is 0 Å². The highest BCUT2D eigenvalue weighted by molar-refractivity contribution is 7.89. The van der Waals surface area contributed by atoms with Crippen molar-refractivity contribution in [2.75, 3.05) is 46.3 Å². The van der Waals surface area contributed by atoms with Crippen molar-refractivity contribution in [2.24, 2.45) is 0 Å². The molecule has 0 spiro atoms. The zero-order valence-electron chi connectivity index (χ0n) is 16.9. The maximum Gasteiger partial charge on any atom is 0.251 e. The number of carbonyl (C=O) groups excluding carboxylic acids is 1. The number of aryl methyl sites for hydroxylation is 1. The molecule has 1 aromatic rings. The number of amides is 1. The predicted molar refractivity (Wildman–Crippen MR) is 110 cm³/mol. The van der Waals surface area contributed by atoms with Gasteiger partial charge in [0.25, 0.3) is 5.91 Å². The standard InChI is InChI=1S/C20H32N4O3S/c1-16-5-8-18(28(26,27)22-17-6-7-17)15-19(16)20(25)21-9-3-4-10-24-13-11-23(2)12-14-24/h5,8,15,17,22H,3-4,6-7,9-14H2,1-2H3,(H,21,25). The average molecular weight is 409 g/mol. The number of hydrogen-bond acceptors (Lipinski definition) is 5. The topological polar surface area (TPSA) is 81.7 Å². The maximum absolute atomic E-state index is 12.5. The average Bonchev–Trinajstić information content (AvgIpc) is 3.46. The Labute approximate surface area is 168 Å². The van der Waals surface area contributed by atoms with Crippen LogP contribution in [0.1, 0.15) is 41.6 Å². The summed E-state index contributed by atoms with van der Waals surface area (Å²) in [6.45, 7) is 7.94. The molecule has 3 rings (SSSR count). The summed E-state index contributed by atoms with van der Waals surface area (Å²) >= 11 is 0. The van der Waals surface area contributed by atoms with Crippen LogP contribution >= 0.6 is 0 Å². The molecule has 1 heterocycles. The van der Waals surface area contributed by atoms with E-state index in [9.17, 15) is 13.2 Å². The maximum atomic E-state index is 12.5. The van der Waals surface area contributed by atoms with Crippen LogP contribution in [-0.2, 0) is 10.0 Å². The number of sulfonamides is 1. The zero-order chi connectivity index (χ0) is 20.1. The molecule has 156 valence electrons. The van der Waals surface area contributed by atoms with Crippen molar-refractivity contribution in [1.29, 1.82) is 0 Å². The van der Waals surface area contributed by atoms with Crippen LogP contribution in [0.15, 0.2) is 23.1 Å². The van der Waals surface area contributed by atoms with Crippen LogP contribution in [0.5, 0.6) is 0 Å². The van der Waals surface area contributed by atoms with E-state index < -0.39 is 10.0 Å². The van der Waals surface area contributed by atoms with Gasteiger partial charge in [0, 0.05) is 44.3 Å². The van der Waals surface area contributed by atoms with Gasteiger partial charge in [-0.25, -0.2) is 13.1 Å². The van der Waals surface area contributed by atoms with E-state index in [-0.39, 0.29) is 16.8 Å². The van der Waals surface area contributed by atoms with Crippen molar-refractivity contribution in [3.8, 4) is 0 Å². The van der Waals surface area contributed by atoms with E-state index in [2.05, 4.69) is 26.9 Å². The molecule has 1 amide bonds. The van der Waals surface area contributed by atoms with Crippen LogP contribution in [0.25, 0.3) is 0 Å². The fourth-order valence-electron chi connectivity index (χ4n) is 3.33. The molecule has 28 heavy (non-hydrogen) atoms. The SMILES string of the molecule is Cc1ccc(S(=O)(=O)NC2CC2)cc1C(=O)NCCCCN1CCN(C)CC1. The first-order valence-electron chi connectivity index (χ1n) is 10.2. The van der Waals surface area contributed by atoms with Gasteiger partial charge in [-0.15, -0.1) is 0 Å². The van der Waals surface area contributed by atoms with Crippen LogP contribution in [0.4, 0.5) is 0 Å². The lowest BCUT2D eigenvalue weighted by atomic mass is 10.1. The first kappa shape index (κ1) is 21.2. The Morgan fingerprint density at radius 3 is 2.54 bits per heavy atom. The molecule has 8 heteroatoms.